The number of rotatable bonds is 2. The van der Waals surface area contributed by atoms with Gasteiger partial charge in [0.1, 0.15) is 0 Å². The number of nitrogens with one attached hydrogen (secondary N) is 1. The number of amides is 1. The van der Waals surface area contributed by atoms with Gasteiger partial charge in [-0.1, -0.05) is 17.3 Å². The third kappa shape index (κ3) is 1.64. The first-order chi connectivity index (χ1) is 8.75. The Kier molecular flexibility index (Phi) is 2.33. The molecule has 0 fully saturated rings. The predicted octanol–water partition coefficient (Wildman–Crippen LogP) is 1.81. The summed E-state index contributed by atoms with van der Waals surface area (Å²) >= 11 is 0. The van der Waals surface area contributed by atoms with E-state index >= 15 is 0 Å². The number of benzene rings is 1. The van der Waals surface area contributed by atoms with Gasteiger partial charge in [-0.25, -0.2) is 4.98 Å². The zero-order valence-electron chi connectivity index (χ0n) is 9.62. The summed E-state index contributed by atoms with van der Waals surface area (Å²) in [5.41, 5.74) is 1.78. The molecule has 18 heavy (non-hydrogen) atoms. The van der Waals surface area contributed by atoms with Gasteiger partial charge in [-0.15, -0.1) is 0 Å². The molecule has 0 bridgehead atoms. The lowest BCUT2D eigenvalue weighted by Crippen LogP contribution is -2.14. The van der Waals surface area contributed by atoms with E-state index in [2.05, 4.69) is 15.5 Å². The molecule has 2 heterocycles. The van der Waals surface area contributed by atoms with E-state index in [-0.39, 0.29) is 11.7 Å². The van der Waals surface area contributed by atoms with Crippen LogP contribution < -0.4 is 5.32 Å². The fourth-order valence-electron chi connectivity index (χ4n) is 1.75. The van der Waals surface area contributed by atoms with Crippen molar-refractivity contribution in [2.24, 2.45) is 7.05 Å². The molecule has 0 saturated carbocycles. The minimum Gasteiger partial charge on any atom is -0.351 e. The Morgan fingerprint density at radius 2 is 2.17 bits per heavy atom. The lowest BCUT2D eigenvalue weighted by molar-refractivity contribution is 0.0987. The lowest BCUT2D eigenvalue weighted by atomic mass is 10.3. The number of nitrogens with zero attached hydrogens (tertiary/aromatic N) is 3. The average molecular weight is 242 g/mol. The average Bonchev–Trinajstić information content (AvgIpc) is 3.00. The molecule has 1 amide bonds. The number of hydrogen-bond donors (Lipinski definition) is 1. The van der Waals surface area contributed by atoms with Crippen molar-refractivity contribution in [2.45, 2.75) is 0 Å². The minimum absolute atomic E-state index is 0.155. The number of aromatic nitrogens is 3. The van der Waals surface area contributed by atoms with Crippen LogP contribution in [-0.4, -0.2) is 20.6 Å². The molecule has 1 N–H and O–H groups in total. The van der Waals surface area contributed by atoms with Crippen molar-refractivity contribution in [1.29, 1.82) is 0 Å². The number of anilines is 1. The van der Waals surface area contributed by atoms with E-state index < -0.39 is 0 Å². The molecule has 0 atom stereocenters. The first-order valence-corrected chi connectivity index (χ1v) is 5.39. The number of imidazole rings is 1. The summed E-state index contributed by atoms with van der Waals surface area (Å²) < 4.78 is 6.59. The van der Waals surface area contributed by atoms with E-state index in [0.717, 1.165) is 11.0 Å². The summed E-state index contributed by atoms with van der Waals surface area (Å²) in [5, 5.41) is 6.17. The maximum Gasteiger partial charge on any atom is 0.296 e. The topological polar surface area (TPSA) is 73.0 Å². The molecule has 1 aromatic carbocycles. The molecular formula is C12H10N4O2. The largest absolute Gasteiger partial charge is 0.351 e. The number of hydrogen-bond acceptors (Lipinski definition) is 4. The van der Waals surface area contributed by atoms with Gasteiger partial charge in [-0.05, 0) is 12.1 Å². The summed E-state index contributed by atoms with van der Waals surface area (Å²) in [5.74, 6) is 0.255. The van der Waals surface area contributed by atoms with Crippen molar-refractivity contribution in [3.8, 4) is 0 Å². The Balaban J connectivity index is 1.96. The molecule has 90 valence electrons. The van der Waals surface area contributed by atoms with Gasteiger partial charge in [-0.2, -0.15) is 0 Å². The molecule has 0 unspecified atom stereocenters. The highest BCUT2D eigenvalue weighted by Gasteiger charge is 2.14. The number of carbonyl (C=O) groups excluding carboxylic acids is 1. The molecule has 0 aliphatic heterocycles. The Hall–Kier alpha value is -2.63. The Bertz CT molecular complexity index is 700. The quantitative estimate of drug-likeness (QED) is 0.743. The van der Waals surface area contributed by atoms with Crippen molar-refractivity contribution >= 4 is 22.9 Å². The summed E-state index contributed by atoms with van der Waals surface area (Å²) in [6.07, 6.45) is 1.42. The van der Waals surface area contributed by atoms with Gasteiger partial charge in [0.05, 0.1) is 17.2 Å². The Labute approximate surface area is 102 Å². The smallest absolute Gasteiger partial charge is 0.296 e. The van der Waals surface area contributed by atoms with E-state index in [1.165, 1.54) is 12.3 Å². The summed E-state index contributed by atoms with van der Waals surface area (Å²) in [6.45, 7) is 0. The third-order valence-electron chi connectivity index (χ3n) is 2.67. The van der Waals surface area contributed by atoms with Crippen LogP contribution in [0.25, 0.3) is 11.0 Å². The number of fused-ring (bicyclic) bond motifs is 1. The van der Waals surface area contributed by atoms with Gasteiger partial charge in [0.15, 0.2) is 0 Å². The van der Waals surface area contributed by atoms with Gasteiger partial charge >= 0.3 is 0 Å². The monoisotopic (exact) mass is 242 g/mol. The highest BCUT2D eigenvalue weighted by atomic mass is 16.5. The first kappa shape index (κ1) is 10.5. The molecule has 6 nitrogen and oxygen atoms in total. The van der Waals surface area contributed by atoms with Gasteiger partial charge < -0.3 is 9.09 Å². The van der Waals surface area contributed by atoms with Crippen LogP contribution in [-0.2, 0) is 7.05 Å². The van der Waals surface area contributed by atoms with Crippen molar-refractivity contribution < 1.29 is 9.32 Å². The van der Waals surface area contributed by atoms with Crippen LogP contribution in [0.3, 0.4) is 0 Å². The molecule has 0 aliphatic carbocycles. The normalized spacial score (nSPS) is 10.7. The standard InChI is InChI=1S/C12H10N4O2/c1-16-9-5-3-2-4-8(9)14-12(16)15-11(17)10-6-7-13-18-10/h2-7H,1H3,(H,14,15,17). The molecule has 3 rings (SSSR count). The Morgan fingerprint density at radius 3 is 2.89 bits per heavy atom. The van der Waals surface area contributed by atoms with Crippen molar-refractivity contribution in [2.75, 3.05) is 5.32 Å². The molecule has 3 aromatic rings. The SMILES string of the molecule is Cn1c(NC(=O)c2ccno2)nc2ccccc21. The van der Waals surface area contributed by atoms with Crippen LogP contribution >= 0.6 is 0 Å². The van der Waals surface area contributed by atoms with Crippen LogP contribution in [0.2, 0.25) is 0 Å². The maximum absolute atomic E-state index is 11.8. The second kappa shape index (κ2) is 3.99. The molecule has 0 aliphatic rings. The number of aryl methyl sites for hydroxylation is 1. The second-order valence-electron chi connectivity index (χ2n) is 3.81. The van der Waals surface area contributed by atoms with Gasteiger partial charge in [0, 0.05) is 13.1 Å². The predicted molar refractivity (Wildman–Crippen MR) is 65.2 cm³/mol. The third-order valence-corrected chi connectivity index (χ3v) is 2.67. The zero-order chi connectivity index (χ0) is 12.5. The van der Waals surface area contributed by atoms with Crippen LogP contribution in [0, 0.1) is 0 Å². The number of para-hydroxylation sites is 2. The molecule has 2 aromatic heterocycles. The molecular weight excluding hydrogens is 232 g/mol. The molecule has 0 saturated heterocycles. The van der Waals surface area contributed by atoms with Crippen LogP contribution in [0.5, 0.6) is 0 Å². The fraction of sp³-hybridized carbons (Fsp3) is 0.0833. The van der Waals surface area contributed by atoms with E-state index in [1.807, 2.05) is 35.9 Å². The van der Waals surface area contributed by atoms with Crippen molar-refractivity contribution in [3.63, 3.8) is 0 Å². The summed E-state index contributed by atoms with van der Waals surface area (Å²) in [7, 11) is 1.84. The fourth-order valence-corrected chi connectivity index (χ4v) is 1.75. The van der Waals surface area contributed by atoms with Crippen molar-refractivity contribution in [3.05, 3.63) is 42.3 Å². The van der Waals surface area contributed by atoms with E-state index in [1.54, 1.807) is 0 Å². The van der Waals surface area contributed by atoms with Gasteiger partial charge in [0.25, 0.3) is 5.91 Å². The zero-order valence-corrected chi connectivity index (χ0v) is 9.62. The highest BCUT2D eigenvalue weighted by molar-refractivity contribution is 6.01. The van der Waals surface area contributed by atoms with Crippen LogP contribution in [0.4, 0.5) is 5.95 Å². The van der Waals surface area contributed by atoms with E-state index in [4.69, 9.17) is 4.52 Å². The molecule has 0 spiro atoms. The molecule has 0 radical (unpaired) electrons. The van der Waals surface area contributed by atoms with Gasteiger partial charge in [0.2, 0.25) is 11.7 Å². The second-order valence-corrected chi connectivity index (χ2v) is 3.81. The number of carbonyl (C=O) groups is 1. The highest BCUT2D eigenvalue weighted by Crippen LogP contribution is 2.17. The van der Waals surface area contributed by atoms with E-state index in [9.17, 15) is 4.79 Å². The summed E-state index contributed by atoms with van der Waals surface area (Å²) in [4.78, 5) is 16.1. The first-order valence-electron chi connectivity index (χ1n) is 5.39. The minimum atomic E-state index is -0.370. The van der Waals surface area contributed by atoms with Crippen molar-refractivity contribution in [1.82, 2.24) is 14.7 Å². The van der Waals surface area contributed by atoms with Crippen LogP contribution in [0.15, 0.2) is 41.1 Å². The summed E-state index contributed by atoms with van der Waals surface area (Å²) in [6, 6.07) is 9.15. The van der Waals surface area contributed by atoms with Gasteiger partial charge in [-0.3, -0.25) is 10.1 Å². The lowest BCUT2D eigenvalue weighted by Gasteiger charge is -2.02. The Morgan fingerprint density at radius 1 is 1.33 bits per heavy atom. The van der Waals surface area contributed by atoms with E-state index in [0.29, 0.717) is 5.95 Å². The maximum atomic E-state index is 11.8. The van der Waals surface area contributed by atoms with Crippen LogP contribution in [0.1, 0.15) is 10.6 Å². The molecule has 6 heteroatoms.